The molecule has 1 unspecified atom stereocenters. The molecule has 0 bridgehead atoms. The highest BCUT2D eigenvalue weighted by atomic mass is 32.1. The number of hydrogen-bond acceptors (Lipinski definition) is 6. The number of aromatic nitrogens is 3. The zero-order valence-corrected chi connectivity index (χ0v) is 25.9. The van der Waals surface area contributed by atoms with Crippen molar-refractivity contribution < 1.29 is 13.9 Å². The molecule has 2 aromatic heterocycles. The van der Waals surface area contributed by atoms with Crippen LogP contribution >= 0.6 is 11.3 Å². The molecule has 0 fully saturated rings. The van der Waals surface area contributed by atoms with Gasteiger partial charge in [0.1, 0.15) is 11.5 Å². The number of allylic oxidation sites excluding steroid dienone is 1. The van der Waals surface area contributed by atoms with E-state index in [-0.39, 0.29) is 16.8 Å². The van der Waals surface area contributed by atoms with Crippen LogP contribution in [0.15, 0.2) is 106 Å². The minimum Gasteiger partial charge on any atom is -0.466 e. The zero-order valence-electron chi connectivity index (χ0n) is 25.0. The van der Waals surface area contributed by atoms with Crippen molar-refractivity contribution in [3.63, 3.8) is 0 Å². The predicted molar refractivity (Wildman–Crippen MR) is 170 cm³/mol. The van der Waals surface area contributed by atoms with Crippen molar-refractivity contribution in [1.29, 1.82) is 0 Å². The van der Waals surface area contributed by atoms with Crippen LogP contribution in [0.3, 0.4) is 0 Å². The number of benzene rings is 3. The Labute approximate surface area is 257 Å². The summed E-state index contributed by atoms with van der Waals surface area (Å²) >= 11 is 1.24. The lowest BCUT2D eigenvalue weighted by Crippen LogP contribution is -2.39. The lowest BCUT2D eigenvalue weighted by molar-refractivity contribution is -0.136. The molecular formula is C35H31FN4O3S. The molecule has 1 aliphatic rings. The van der Waals surface area contributed by atoms with Crippen molar-refractivity contribution in [2.75, 3.05) is 7.11 Å². The molecule has 7 nitrogen and oxygen atoms in total. The molecule has 9 heteroatoms. The molecule has 44 heavy (non-hydrogen) atoms. The van der Waals surface area contributed by atoms with E-state index in [4.69, 9.17) is 9.84 Å². The number of rotatable bonds is 5. The Kier molecular flexibility index (Phi) is 7.51. The summed E-state index contributed by atoms with van der Waals surface area (Å²) in [5.74, 6) is -0.883. The topological polar surface area (TPSA) is 78.5 Å². The van der Waals surface area contributed by atoms with E-state index < -0.39 is 12.0 Å². The van der Waals surface area contributed by atoms with Crippen LogP contribution in [0.2, 0.25) is 0 Å². The highest BCUT2D eigenvalue weighted by Crippen LogP contribution is 2.32. The van der Waals surface area contributed by atoms with Gasteiger partial charge in [-0.2, -0.15) is 5.10 Å². The molecule has 222 valence electrons. The average Bonchev–Trinajstić information content (AvgIpc) is 3.57. The fraction of sp³-hybridized carbons (Fsp3) is 0.200. The summed E-state index contributed by atoms with van der Waals surface area (Å²) in [6.45, 7) is 8.16. The Morgan fingerprint density at radius 3 is 2.32 bits per heavy atom. The molecular weight excluding hydrogens is 575 g/mol. The first-order chi connectivity index (χ1) is 21.0. The monoisotopic (exact) mass is 606 g/mol. The third-order valence-electron chi connectivity index (χ3n) is 7.69. The van der Waals surface area contributed by atoms with Gasteiger partial charge in [0.05, 0.1) is 34.6 Å². The van der Waals surface area contributed by atoms with Gasteiger partial charge < -0.3 is 4.74 Å². The van der Waals surface area contributed by atoms with Gasteiger partial charge in [-0.1, -0.05) is 74.6 Å². The molecule has 0 aliphatic carbocycles. The van der Waals surface area contributed by atoms with E-state index in [0.717, 1.165) is 16.8 Å². The second-order valence-electron chi connectivity index (χ2n) is 11.7. The van der Waals surface area contributed by atoms with Crippen LogP contribution in [0, 0.1) is 5.82 Å². The van der Waals surface area contributed by atoms with Crippen molar-refractivity contribution in [2.45, 2.75) is 39.2 Å². The second kappa shape index (κ2) is 11.3. The summed E-state index contributed by atoms with van der Waals surface area (Å²) in [5, 5.41) is 4.80. The van der Waals surface area contributed by atoms with E-state index in [1.165, 1.54) is 30.6 Å². The molecule has 5 aromatic rings. The summed E-state index contributed by atoms with van der Waals surface area (Å²) < 4.78 is 22.7. The van der Waals surface area contributed by atoms with Gasteiger partial charge in [0.25, 0.3) is 5.56 Å². The maximum Gasteiger partial charge on any atom is 0.338 e. The lowest BCUT2D eigenvalue weighted by Gasteiger charge is -2.25. The van der Waals surface area contributed by atoms with Crippen molar-refractivity contribution in [3.05, 3.63) is 139 Å². The number of esters is 1. The Bertz CT molecular complexity index is 2080. The Balaban J connectivity index is 1.55. The Morgan fingerprint density at radius 1 is 1.00 bits per heavy atom. The molecule has 0 spiro atoms. The first-order valence-electron chi connectivity index (χ1n) is 14.2. The van der Waals surface area contributed by atoms with E-state index in [0.29, 0.717) is 37.4 Å². The fourth-order valence-electron chi connectivity index (χ4n) is 5.35. The number of halogens is 1. The highest BCUT2D eigenvalue weighted by Gasteiger charge is 2.33. The molecule has 1 atom stereocenters. The number of thiazole rings is 1. The van der Waals surface area contributed by atoms with Crippen LogP contribution in [-0.4, -0.2) is 27.4 Å². The molecule has 0 amide bonds. The van der Waals surface area contributed by atoms with Gasteiger partial charge in [0.2, 0.25) is 0 Å². The summed E-state index contributed by atoms with van der Waals surface area (Å²) in [7, 11) is 1.33. The number of carbonyl (C=O) groups is 1. The van der Waals surface area contributed by atoms with Crippen LogP contribution in [0.1, 0.15) is 50.4 Å². The lowest BCUT2D eigenvalue weighted by atomic mass is 9.85. The molecule has 6 rings (SSSR count). The first kappa shape index (κ1) is 29.2. The van der Waals surface area contributed by atoms with Gasteiger partial charge in [-0.15, -0.1) is 0 Å². The normalized spacial score (nSPS) is 15.2. The number of ether oxygens (including phenoxy) is 1. The molecule has 3 heterocycles. The number of nitrogens with zero attached hydrogens (tertiary/aromatic N) is 4. The molecule has 0 saturated heterocycles. The molecule has 0 N–H and O–H groups in total. The van der Waals surface area contributed by atoms with E-state index in [1.54, 1.807) is 34.4 Å². The van der Waals surface area contributed by atoms with Crippen LogP contribution in [0.25, 0.3) is 23.0 Å². The van der Waals surface area contributed by atoms with Crippen molar-refractivity contribution in [2.24, 2.45) is 4.99 Å². The van der Waals surface area contributed by atoms with Crippen LogP contribution in [0.5, 0.6) is 0 Å². The zero-order chi connectivity index (χ0) is 31.2. The fourth-order valence-corrected chi connectivity index (χ4v) is 6.39. The van der Waals surface area contributed by atoms with Crippen LogP contribution in [-0.2, 0) is 14.9 Å². The predicted octanol–water partition coefficient (Wildman–Crippen LogP) is 5.70. The van der Waals surface area contributed by atoms with Crippen molar-refractivity contribution in [1.82, 2.24) is 14.3 Å². The molecule has 1 aliphatic heterocycles. The van der Waals surface area contributed by atoms with Gasteiger partial charge in [0.15, 0.2) is 4.80 Å². The smallest absolute Gasteiger partial charge is 0.338 e. The van der Waals surface area contributed by atoms with E-state index in [1.807, 2.05) is 60.8 Å². The van der Waals surface area contributed by atoms with E-state index in [9.17, 15) is 14.0 Å². The van der Waals surface area contributed by atoms with Gasteiger partial charge in [-0.3, -0.25) is 9.36 Å². The van der Waals surface area contributed by atoms with Gasteiger partial charge in [0, 0.05) is 17.3 Å². The van der Waals surface area contributed by atoms with Crippen LogP contribution < -0.4 is 14.9 Å². The van der Waals surface area contributed by atoms with E-state index in [2.05, 4.69) is 25.8 Å². The summed E-state index contributed by atoms with van der Waals surface area (Å²) in [4.78, 5) is 32.4. The second-order valence-corrected chi connectivity index (χ2v) is 12.7. The number of hydrogen-bond donors (Lipinski definition) is 0. The minimum absolute atomic E-state index is 0.0592. The molecule has 0 saturated carbocycles. The van der Waals surface area contributed by atoms with Crippen LogP contribution in [0.4, 0.5) is 4.39 Å². The first-order valence-corrected chi connectivity index (χ1v) is 15.0. The Hall–Kier alpha value is -4.89. The number of methoxy groups -OCH3 is 1. The number of fused-ring (bicyclic) bond motifs is 1. The van der Waals surface area contributed by atoms with Gasteiger partial charge >= 0.3 is 5.97 Å². The van der Waals surface area contributed by atoms with Gasteiger partial charge in [-0.05, 0) is 65.9 Å². The van der Waals surface area contributed by atoms with E-state index >= 15 is 0 Å². The quantitative estimate of drug-likeness (QED) is 0.241. The van der Waals surface area contributed by atoms with Gasteiger partial charge in [-0.25, -0.2) is 18.9 Å². The van der Waals surface area contributed by atoms with Crippen molar-refractivity contribution >= 4 is 23.4 Å². The highest BCUT2D eigenvalue weighted by molar-refractivity contribution is 7.07. The summed E-state index contributed by atoms with van der Waals surface area (Å²) in [6, 6.07) is 23.0. The third kappa shape index (κ3) is 5.35. The number of para-hydroxylation sites is 1. The molecule has 0 radical (unpaired) electrons. The Morgan fingerprint density at radius 2 is 1.68 bits per heavy atom. The number of carbonyl (C=O) groups excluding carboxylic acids is 1. The third-order valence-corrected chi connectivity index (χ3v) is 8.67. The molecule has 3 aromatic carbocycles. The maximum absolute atomic E-state index is 14.2. The standard InChI is InChI=1S/C35H31FN4O3S/c1-21-29(33(42)43-5)31(23-11-15-25(16-12-23)35(2,3)4)40-32(41)28(44-34(40)37-21)19-24-20-39(27-9-7-6-8-10-27)38-30(24)22-13-17-26(36)18-14-22/h6-20,31H,1-5H3/b28-19-. The maximum atomic E-state index is 14.2. The summed E-state index contributed by atoms with van der Waals surface area (Å²) in [5.41, 5.74) is 5.22. The average molecular weight is 607 g/mol. The summed E-state index contributed by atoms with van der Waals surface area (Å²) in [6.07, 6.45) is 3.63. The largest absolute Gasteiger partial charge is 0.466 e. The van der Waals surface area contributed by atoms with Crippen molar-refractivity contribution in [3.8, 4) is 16.9 Å². The SMILES string of the molecule is COC(=O)C1=C(C)N=c2s/c(=C\c3cn(-c4ccccc4)nc3-c3ccc(F)cc3)c(=O)n2C1c1ccc(C(C)(C)C)cc1. The minimum atomic E-state index is -0.710.